The van der Waals surface area contributed by atoms with E-state index in [1.165, 1.54) is 0 Å². The number of benzene rings is 5. The summed E-state index contributed by atoms with van der Waals surface area (Å²) in [5.74, 6) is -0.458. The number of nitrogens with zero attached hydrogens (tertiary/aromatic N) is 3. The van der Waals surface area contributed by atoms with Gasteiger partial charge in [0.2, 0.25) is 12.1 Å². The average Bonchev–Trinajstić information content (AvgIpc) is 3.40. The van der Waals surface area contributed by atoms with Crippen molar-refractivity contribution in [1.29, 1.82) is 5.26 Å². The molecule has 0 bridgehead atoms. The van der Waals surface area contributed by atoms with E-state index in [1.807, 2.05) is 65.8 Å². The maximum Gasteiger partial charge on any atom is 0.254 e. The van der Waals surface area contributed by atoms with Crippen molar-refractivity contribution in [3.05, 3.63) is 156 Å². The quantitative estimate of drug-likeness (QED) is 0.0335. The highest BCUT2D eigenvalue weighted by Crippen LogP contribution is 2.62. The Labute approximate surface area is 415 Å². The van der Waals surface area contributed by atoms with Crippen molar-refractivity contribution in [3.8, 4) is 23.3 Å². The van der Waals surface area contributed by atoms with Crippen molar-refractivity contribution >= 4 is 34.2 Å². The third-order valence-corrected chi connectivity index (χ3v) is 15.2. The van der Waals surface area contributed by atoms with E-state index in [0.29, 0.717) is 60.0 Å². The lowest BCUT2D eigenvalue weighted by Gasteiger charge is -2.60. The molecule has 364 valence electrons. The molecule has 2 heterocycles. The summed E-state index contributed by atoms with van der Waals surface area (Å²) >= 11 is 1.67. The van der Waals surface area contributed by atoms with Crippen molar-refractivity contribution in [2.75, 3.05) is 32.7 Å². The largest absolute Gasteiger partial charge is 0.459 e. The van der Waals surface area contributed by atoms with Crippen molar-refractivity contribution in [2.24, 2.45) is 22.9 Å². The lowest BCUT2D eigenvalue weighted by atomic mass is 9.55. The molecule has 70 heavy (non-hydrogen) atoms. The van der Waals surface area contributed by atoms with Crippen LogP contribution in [-0.2, 0) is 20.9 Å². The highest BCUT2D eigenvalue weighted by Gasteiger charge is 2.65. The van der Waals surface area contributed by atoms with Gasteiger partial charge in [-0.15, -0.1) is 18.3 Å². The van der Waals surface area contributed by atoms with Crippen LogP contribution in [0.15, 0.2) is 144 Å². The number of rotatable bonds is 20. The van der Waals surface area contributed by atoms with Crippen LogP contribution in [0.4, 0.5) is 0 Å². The van der Waals surface area contributed by atoms with Crippen LogP contribution in [0.3, 0.4) is 0 Å². The van der Waals surface area contributed by atoms with Gasteiger partial charge >= 0.3 is 0 Å². The van der Waals surface area contributed by atoms with Crippen LogP contribution in [0.2, 0.25) is 0 Å². The van der Waals surface area contributed by atoms with E-state index in [1.54, 1.807) is 42.1 Å². The Morgan fingerprint density at radius 2 is 1.71 bits per heavy atom. The van der Waals surface area contributed by atoms with E-state index in [0.717, 1.165) is 70.9 Å². The van der Waals surface area contributed by atoms with Gasteiger partial charge in [0.05, 0.1) is 36.5 Å². The number of aliphatic hydroxyl groups is 2. The first kappa shape index (κ1) is 49.1. The third-order valence-electron chi connectivity index (χ3n) is 14.5. The molecule has 1 amide bonds. The zero-order valence-electron chi connectivity index (χ0n) is 39.9. The Morgan fingerprint density at radius 1 is 0.943 bits per heavy atom. The molecule has 0 spiro atoms. The first-order valence-corrected chi connectivity index (χ1v) is 26.1. The zero-order chi connectivity index (χ0) is 48.5. The van der Waals surface area contributed by atoms with Crippen molar-refractivity contribution in [2.45, 2.75) is 99.7 Å². The van der Waals surface area contributed by atoms with E-state index in [-0.39, 0.29) is 56.4 Å². The van der Waals surface area contributed by atoms with Gasteiger partial charge < -0.3 is 38.9 Å². The second-order valence-corrected chi connectivity index (χ2v) is 19.6. The molecular formula is C58H63N3O8S. The van der Waals surface area contributed by atoms with Crippen molar-refractivity contribution < 1.29 is 38.8 Å². The summed E-state index contributed by atoms with van der Waals surface area (Å²) in [6.45, 7) is 5.20. The third kappa shape index (κ3) is 10.4. The molecule has 2 N–H and O–H groups in total. The maximum atomic E-state index is 15.7. The Bertz CT molecular complexity index is 2710. The summed E-state index contributed by atoms with van der Waals surface area (Å²) in [4.78, 5) is 25.1. The zero-order valence-corrected chi connectivity index (χ0v) is 40.7. The SMILES string of the molecule is C=CCO[C@@]12Oc3ccc(Oc4ccc(SC)cc4)cc3[C@H]3[C@H](CCCCO)[C@@H](CCCCO)C=C(C(=NOC4CCCCO4)C[C@@H]1N(Cc1cccc4ccccc14)C(=O)c1ccc(C#N)cc1)[C@H]32. The monoisotopic (exact) mass is 961 g/mol. The number of ether oxygens (including phenoxy) is 4. The van der Waals surface area contributed by atoms with Crippen LogP contribution in [0.1, 0.15) is 97.2 Å². The molecule has 9 rings (SSSR count). The van der Waals surface area contributed by atoms with E-state index < -0.39 is 24.0 Å². The molecule has 2 aliphatic heterocycles. The van der Waals surface area contributed by atoms with Crippen LogP contribution < -0.4 is 9.47 Å². The van der Waals surface area contributed by atoms with Gasteiger partial charge in [0.25, 0.3) is 5.91 Å². The lowest BCUT2D eigenvalue weighted by Crippen LogP contribution is -2.70. The predicted molar refractivity (Wildman–Crippen MR) is 273 cm³/mol. The number of hydrogen-bond donors (Lipinski definition) is 2. The molecule has 1 saturated heterocycles. The maximum absolute atomic E-state index is 15.7. The molecule has 4 aliphatic rings. The number of carbonyl (C=O) groups excluding carboxylic acids is 1. The Hall–Kier alpha value is -5.94. The van der Waals surface area contributed by atoms with Crippen LogP contribution >= 0.6 is 11.8 Å². The van der Waals surface area contributed by atoms with Crippen LogP contribution in [-0.4, -0.2) is 77.5 Å². The first-order valence-electron chi connectivity index (χ1n) is 24.8. The second-order valence-electron chi connectivity index (χ2n) is 18.7. The normalized spacial score (nSPS) is 24.1. The summed E-state index contributed by atoms with van der Waals surface area (Å²) < 4.78 is 27.6. The molecule has 1 saturated carbocycles. The highest BCUT2D eigenvalue weighted by molar-refractivity contribution is 7.98. The van der Waals surface area contributed by atoms with Gasteiger partial charge in [-0.1, -0.05) is 72.6 Å². The van der Waals surface area contributed by atoms with Gasteiger partial charge in [-0.05, 0) is 145 Å². The molecule has 7 atom stereocenters. The molecule has 2 fully saturated rings. The van der Waals surface area contributed by atoms with Gasteiger partial charge in [-0.3, -0.25) is 4.79 Å². The van der Waals surface area contributed by atoms with Crippen LogP contribution in [0.5, 0.6) is 17.2 Å². The van der Waals surface area contributed by atoms with Crippen LogP contribution in [0.25, 0.3) is 10.8 Å². The summed E-state index contributed by atoms with van der Waals surface area (Å²) in [6, 6.07) is 36.6. The first-order chi connectivity index (χ1) is 34.4. The molecular weight excluding hydrogens is 899 g/mol. The molecule has 2 aliphatic carbocycles. The molecule has 1 unspecified atom stereocenters. The van der Waals surface area contributed by atoms with Gasteiger partial charge in [-0.25, -0.2) is 0 Å². The number of aliphatic hydroxyl groups excluding tert-OH is 2. The predicted octanol–water partition coefficient (Wildman–Crippen LogP) is 11.7. The fourth-order valence-electron chi connectivity index (χ4n) is 11.2. The van der Waals surface area contributed by atoms with Gasteiger partial charge in [0.1, 0.15) is 23.3 Å². The Balaban J connectivity index is 1.28. The number of nitriles is 1. The second kappa shape index (κ2) is 22.9. The number of oxime groups is 1. The van der Waals surface area contributed by atoms with Gasteiger partial charge in [0.15, 0.2) is 0 Å². The lowest BCUT2D eigenvalue weighted by molar-refractivity contribution is -0.255. The van der Waals surface area contributed by atoms with E-state index in [2.05, 4.69) is 49.1 Å². The Kier molecular flexibility index (Phi) is 16.0. The minimum atomic E-state index is -1.49. The average molecular weight is 962 g/mol. The molecule has 5 aromatic rings. The molecule has 0 radical (unpaired) electrons. The number of hydrogen-bond acceptors (Lipinski definition) is 11. The van der Waals surface area contributed by atoms with E-state index in [4.69, 9.17) is 28.9 Å². The fraction of sp³-hybridized carbons (Fsp3) is 0.397. The van der Waals surface area contributed by atoms with E-state index in [9.17, 15) is 15.5 Å². The van der Waals surface area contributed by atoms with Crippen molar-refractivity contribution in [3.63, 3.8) is 0 Å². The van der Waals surface area contributed by atoms with Gasteiger partial charge in [0, 0.05) is 54.5 Å². The summed E-state index contributed by atoms with van der Waals surface area (Å²) in [6.07, 6.45) is 13.0. The molecule has 0 aromatic heterocycles. The number of fused-ring (bicyclic) bond motifs is 3. The topological polar surface area (TPSA) is 143 Å². The molecule has 12 heteroatoms. The minimum absolute atomic E-state index is 0.0211. The fourth-order valence-corrected chi connectivity index (χ4v) is 11.6. The van der Waals surface area contributed by atoms with E-state index >= 15 is 4.79 Å². The van der Waals surface area contributed by atoms with Gasteiger partial charge in [-0.2, -0.15) is 5.26 Å². The smallest absolute Gasteiger partial charge is 0.254 e. The number of amides is 1. The number of thioether (sulfide) groups is 1. The number of allylic oxidation sites excluding steroid dienone is 1. The van der Waals surface area contributed by atoms with Crippen LogP contribution in [0, 0.1) is 29.1 Å². The number of carbonyl (C=O) groups is 1. The number of unbranched alkanes of at least 4 members (excludes halogenated alkanes) is 2. The summed E-state index contributed by atoms with van der Waals surface area (Å²) in [5.41, 5.74) is 4.40. The minimum Gasteiger partial charge on any atom is -0.459 e. The van der Waals surface area contributed by atoms with Crippen molar-refractivity contribution in [1.82, 2.24) is 4.90 Å². The standard InChI is InChI=1S/C58H63N3O8S/c1-3-32-66-58-53(61(57(64)41-22-20-39(37-59)21-23-41)38-43-16-12-15-40-13-4-5-17-47(40)43)36-51(60-69-54-19-8-11-33-65-54)49-34-42(14-6-9-30-62)48(18-7-10-31-63)55(56(49)58)50-35-45(26-29-52(50)68-58)67-44-24-27-46(70-2)28-25-44/h3-5,12-13,15-17,20-29,34-35,42,48,53-56,62-63H,1,6-11,14,18-19,30-33,36,38H2,2H3/t42-,48+,53-,54?,55+,56+,58+/m0/s1. The highest BCUT2D eigenvalue weighted by atomic mass is 32.2. The molecule has 11 nitrogen and oxygen atoms in total. The Morgan fingerprint density at radius 3 is 2.46 bits per heavy atom. The molecule has 5 aromatic carbocycles. The summed E-state index contributed by atoms with van der Waals surface area (Å²) in [5, 5.41) is 37.1. The summed E-state index contributed by atoms with van der Waals surface area (Å²) in [7, 11) is 0.